The van der Waals surface area contributed by atoms with Crippen LogP contribution in [0.5, 0.6) is 0 Å². The molecule has 162 valence electrons. The zero-order chi connectivity index (χ0) is 21.8. The van der Waals surface area contributed by atoms with Gasteiger partial charge in [0.25, 0.3) is 11.5 Å². The van der Waals surface area contributed by atoms with Gasteiger partial charge in [0.15, 0.2) is 5.82 Å². The van der Waals surface area contributed by atoms with E-state index in [1.165, 1.54) is 48.4 Å². The van der Waals surface area contributed by atoms with E-state index in [0.29, 0.717) is 23.6 Å². The van der Waals surface area contributed by atoms with Crippen LogP contribution in [0.2, 0.25) is 0 Å². The molecule has 1 unspecified atom stereocenters. The van der Waals surface area contributed by atoms with Crippen LogP contribution in [0.1, 0.15) is 46.9 Å². The molecule has 0 aliphatic carbocycles. The highest BCUT2D eigenvalue weighted by atomic mass is 16.1. The third-order valence-electron chi connectivity index (χ3n) is 5.76. The molecule has 2 aromatic heterocycles. The SMILES string of the molecule is Cc1c(C(=O)NCc2ccc(CN3CCCC(C)C3)cc2)cnn1-c1ccc(=O)[nH]n1. The van der Waals surface area contributed by atoms with Gasteiger partial charge < -0.3 is 5.32 Å². The highest BCUT2D eigenvalue weighted by Gasteiger charge is 2.17. The minimum Gasteiger partial charge on any atom is -0.348 e. The highest BCUT2D eigenvalue weighted by molar-refractivity contribution is 5.95. The number of hydrogen-bond donors (Lipinski definition) is 2. The summed E-state index contributed by atoms with van der Waals surface area (Å²) in [5, 5.41) is 13.5. The normalized spacial score (nSPS) is 16.9. The quantitative estimate of drug-likeness (QED) is 0.639. The maximum absolute atomic E-state index is 12.6. The van der Waals surface area contributed by atoms with Crippen molar-refractivity contribution in [3.8, 4) is 5.82 Å². The summed E-state index contributed by atoms with van der Waals surface area (Å²) < 4.78 is 1.53. The predicted octanol–water partition coefficient (Wildman–Crippen LogP) is 2.43. The van der Waals surface area contributed by atoms with Gasteiger partial charge in [0, 0.05) is 25.7 Å². The Morgan fingerprint density at radius 3 is 2.68 bits per heavy atom. The number of likely N-dealkylation sites (tertiary alicyclic amines) is 1. The fourth-order valence-electron chi connectivity index (χ4n) is 4.05. The first-order chi connectivity index (χ1) is 15.0. The number of rotatable bonds is 6. The Labute approximate surface area is 181 Å². The lowest BCUT2D eigenvalue weighted by Gasteiger charge is -2.30. The summed E-state index contributed by atoms with van der Waals surface area (Å²) in [6, 6.07) is 11.4. The molecule has 4 rings (SSSR count). The average Bonchev–Trinajstić information content (AvgIpc) is 3.15. The smallest absolute Gasteiger partial charge is 0.264 e. The minimum atomic E-state index is -0.289. The van der Waals surface area contributed by atoms with Crippen molar-refractivity contribution in [1.82, 2.24) is 30.2 Å². The van der Waals surface area contributed by atoms with Crippen molar-refractivity contribution in [3.63, 3.8) is 0 Å². The van der Waals surface area contributed by atoms with E-state index < -0.39 is 0 Å². The highest BCUT2D eigenvalue weighted by Crippen LogP contribution is 2.18. The molecule has 8 heteroatoms. The average molecular weight is 421 g/mol. The van der Waals surface area contributed by atoms with E-state index in [1.54, 1.807) is 13.0 Å². The molecule has 8 nitrogen and oxygen atoms in total. The first-order valence-corrected chi connectivity index (χ1v) is 10.7. The Bertz CT molecular complexity index is 1080. The molecule has 2 N–H and O–H groups in total. The van der Waals surface area contributed by atoms with Crippen molar-refractivity contribution >= 4 is 5.91 Å². The van der Waals surface area contributed by atoms with E-state index in [1.807, 2.05) is 0 Å². The van der Waals surface area contributed by atoms with Gasteiger partial charge in [0.2, 0.25) is 0 Å². The van der Waals surface area contributed by atoms with Gasteiger partial charge in [-0.1, -0.05) is 31.2 Å². The van der Waals surface area contributed by atoms with E-state index in [-0.39, 0.29) is 11.5 Å². The Morgan fingerprint density at radius 2 is 1.97 bits per heavy atom. The summed E-state index contributed by atoms with van der Waals surface area (Å²) in [6.45, 7) is 7.88. The number of nitrogens with zero attached hydrogens (tertiary/aromatic N) is 4. The molecule has 0 bridgehead atoms. The lowest BCUT2D eigenvalue weighted by Crippen LogP contribution is -2.33. The maximum atomic E-state index is 12.6. The van der Waals surface area contributed by atoms with Crippen LogP contribution in [0.4, 0.5) is 0 Å². The number of piperidine rings is 1. The Kier molecular flexibility index (Phi) is 6.27. The van der Waals surface area contributed by atoms with Crippen LogP contribution in [0.25, 0.3) is 5.82 Å². The fraction of sp³-hybridized carbons (Fsp3) is 0.391. The molecule has 0 radical (unpaired) electrons. The second-order valence-electron chi connectivity index (χ2n) is 8.32. The van der Waals surface area contributed by atoms with Crippen LogP contribution in [0, 0.1) is 12.8 Å². The molecule has 31 heavy (non-hydrogen) atoms. The third-order valence-corrected chi connectivity index (χ3v) is 5.76. The molecule has 1 aromatic carbocycles. The number of aromatic amines is 1. The van der Waals surface area contributed by atoms with E-state index in [4.69, 9.17) is 0 Å². The number of aromatic nitrogens is 4. The number of carbonyl (C=O) groups excluding carboxylic acids is 1. The van der Waals surface area contributed by atoms with Gasteiger partial charge in [0.05, 0.1) is 17.5 Å². The van der Waals surface area contributed by atoms with Gasteiger partial charge >= 0.3 is 0 Å². The van der Waals surface area contributed by atoms with Gasteiger partial charge in [-0.2, -0.15) is 10.2 Å². The standard InChI is InChI=1S/C23H28N6O2/c1-16-4-3-11-28(14-16)15-19-7-5-18(6-8-19)12-24-23(31)20-13-25-29(17(20)2)21-9-10-22(30)27-26-21/h5-10,13,16H,3-4,11-12,14-15H2,1-2H3,(H,24,31)(H,27,30). The van der Waals surface area contributed by atoms with Gasteiger partial charge in [-0.25, -0.2) is 9.78 Å². The van der Waals surface area contributed by atoms with Crippen LogP contribution in [-0.2, 0) is 13.1 Å². The molecule has 1 fully saturated rings. The van der Waals surface area contributed by atoms with Gasteiger partial charge in [0.1, 0.15) is 0 Å². The number of carbonyl (C=O) groups is 1. The van der Waals surface area contributed by atoms with E-state index in [9.17, 15) is 9.59 Å². The summed E-state index contributed by atoms with van der Waals surface area (Å²) in [7, 11) is 0. The molecule has 1 saturated heterocycles. The fourth-order valence-corrected chi connectivity index (χ4v) is 4.05. The molecular weight excluding hydrogens is 392 g/mol. The largest absolute Gasteiger partial charge is 0.348 e. The first-order valence-electron chi connectivity index (χ1n) is 10.7. The van der Waals surface area contributed by atoms with Crippen molar-refractivity contribution in [3.05, 3.63) is 75.3 Å². The molecule has 3 heterocycles. The molecule has 0 saturated carbocycles. The topological polar surface area (TPSA) is 95.9 Å². The van der Waals surface area contributed by atoms with E-state index >= 15 is 0 Å². The first kappa shape index (κ1) is 21.0. The molecule has 3 aromatic rings. The second kappa shape index (κ2) is 9.26. The van der Waals surface area contributed by atoms with Crippen LogP contribution < -0.4 is 10.9 Å². The van der Waals surface area contributed by atoms with Crippen molar-refractivity contribution in [2.75, 3.05) is 13.1 Å². The van der Waals surface area contributed by atoms with Crippen LogP contribution in [0.3, 0.4) is 0 Å². The van der Waals surface area contributed by atoms with Gasteiger partial charge in [-0.3, -0.25) is 14.5 Å². The zero-order valence-electron chi connectivity index (χ0n) is 18.0. The monoisotopic (exact) mass is 420 g/mol. The van der Waals surface area contributed by atoms with Crippen LogP contribution in [0.15, 0.2) is 47.4 Å². The number of hydrogen-bond acceptors (Lipinski definition) is 5. The summed E-state index contributed by atoms with van der Waals surface area (Å²) >= 11 is 0. The third kappa shape index (κ3) is 5.08. The van der Waals surface area contributed by atoms with Crippen molar-refractivity contribution in [2.45, 2.75) is 39.8 Å². The van der Waals surface area contributed by atoms with E-state index in [2.05, 4.69) is 56.7 Å². The van der Waals surface area contributed by atoms with E-state index in [0.717, 1.165) is 18.0 Å². The maximum Gasteiger partial charge on any atom is 0.264 e. The molecule has 1 atom stereocenters. The summed E-state index contributed by atoms with van der Waals surface area (Å²) in [4.78, 5) is 26.4. The van der Waals surface area contributed by atoms with Gasteiger partial charge in [-0.05, 0) is 49.4 Å². The summed E-state index contributed by atoms with van der Waals surface area (Å²) in [5.74, 6) is 1.03. The van der Waals surface area contributed by atoms with Crippen LogP contribution in [-0.4, -0.2) is 43.9 Å². The molecule has 1 amide bonds. The lowest BCUT2D eigenvalue weighted by atomic mass is 9.99. The van der Waals surface area contributed by atoms with Crippen LogP contribution >= 0.6 is 0 Å². The Morgan fingerprint density at radius 1 is 1.19 bits per heavy atom. The molecule has 1 aliphatic rings. The summed E-state index contributed by atoms with van der Waals surface area (Å²) in [6.07, 6.45) is 4.12. The Balaban J connectivity index is 1.34. The Hall–Kier alpha value is -3.26. The van der Waals surface area contributed by atoms with Crippen molar-refractivity contribution in [1.29, 1.82) is 0 Å². The van der Waals surface area contributed by atoms with Crippen molar-refractivity contribution in [2.24, 2.45) is 5.92 Å². The second-order valence-corrected chi connectivity index (χ2v) is 8.32. The number of nitrogens with one attached hydrogen (secondary N) is 2. The van der Waals surface area contributed by atoms with Gasteiger partial charge in [-0.15, -0.1) is 0 Å². The molecular formula is C23H28N6O2. The number of H-pyrrole nitrogens is 1. The minimum absolute atomic E-state index is 0.195. The summed E-state index contributed by atoms with van der Waals surface area (Å²) in [5.41, 5.74) is 3.20. The zero-order valence-corrected chi connectivity index (χ0v) is 18.0. The lowest BCUT2D eigenvalue weighted by molar-refractivity contribution is 0.0950. The number of benzene rings is 1. The number of amides is 1. The van der Waals surface area contributed by atoms with Crippen molar-refractivity contribution < 1.29 is 4.79 Å². The molecule has 1 aliphatic heterocycles. The molecule has 0 spiro atoms. The predicted molar refractivity (Wildman–Crippen MR) is 118 cm³/mol.